The van der Waals surface area contributed by atoms with Crippen LogP contribution in [-0.2, 0) is 0 Å². The summed E-state index contributed by atoms with van der Waals surface area (Å²) < 4.78 is 3.72. The first-order chi connectivity index (χ1) is 6.68. The first-order valence-corrected chi connectivity index (χ1v) is 5.73. The molecule has 4 heteroatoms. The van der Waals surface area contributed by atoms with E-state index >= 15 is 0 Å². The van der Waals surface area contributed by atoms with Crippen LogP contribution >= 0.6 is 31.9 Å². The average Bonchev–Trinajstić information content (AvgIpc) is 2.49. The molecule has 0 unspecified atom stereocenters. The van der Waals surface area contributed by atoms with E-state index in [4.69, 9.17) is 0 Å². The second-order valence-corrected chi connectivity index (χ2v) is 4.54. The van der Waals surface area contributed by atoms with E-state index in [2.05, 4.69) is 68.0 Å². The summed E-state index contributed by atoms with van der Waals surface area (Å²) in [6.07, 6.45) is 1.77. The van der Waals surface area contributed by atoms with Crippen LogP contribution in [-0.4, -0.2) is 9.55 Å². The van der Waals surface area contributed by atoms with Crippen LogP contribution in [0.25, 0.3) is 5.69 Å². The first kappa shape index (κ1) is 9.93. The van der Waals surface area contributed by atoms with E-state index in [1.807, 2.05) is 4.57 Å². The number of rotatable bonds is 1. The third-order valence-corrected chi connectivity index (χ3v) is 3.09. The minimum atomic E-state index is 0.799. The molecule has 0 aliphatic heterocycles. The molecule has 0 fully saturated rings. The Hall–Kier alpha value is -0.610. The van der Waals surface area contributed by atoms with Crippen molar-refractivity contribution in [2.45, 2.75) is 6.92 Å². The largest absolute Gasteiger partial charge is 0.281 e. The summed E-state index contributed by atoms with van der Waals surface area (Å²) >= 11 is 6.84. The molecule has 1 aromatic heterocycles. The quantitative estimate of drug-likeness (QED) is 0.784. The standard InChI is InChI=1S/C10H8Br2N2/c1-7-2-4-8(5-3-7)14-9(11)6-13-10(14)12/h2-6H,1H3. The molecule has 0 aliphatic rings. The normalized spacial score (nSPS) is 10.5. The predicted molar refractivity (Wildman–Crippen MR) is 63.7 cm³/mol. The van der Waals surface area contributed by atoms with E-state index in [1.165, 1.54) is 5.56 Å². The molecule has 1 heterocycles. The Morgan fingerprint density at radius 1 is 1.14 bits per heavy atom. The highest BCUT2D eigenvalue weighted by atomic mass is 79.9. The fraction of sp³-hybridized carbons (Fsp3) is 0.100. The van der Waals surface area contributed by atoms with Crippen LogP contribution in [0.15, 0.2) is 39.8 Å². The molecule has 2 aromatic rings. The monoisotopic (exact) mass is 314 g/mol. The van der Waals surface area contributed by atoms with Gasteiger partial charge in [-0.05, 0) is 50.9 Å². The Bertz CT molecular complexity index is 426. The third kappa shape index (κ3) is 1.77. The van der Waals surface area contributed by atoms with Crippen LogP contribution in [0.3, 0.4) is 0 Å². The fourth-order valence-electron chi connectivity index (χ4n) is 1.23. The van der Waals surface area contributed by atoms with Gasteiger partial charge in [0.25, 0.3) is 0 Å². The predicted octanol–water partition coefficient (Wildman–Crippen LogP) is 3.71. The van der Waals surface area contributed by atoms with Gasteiger partial charge in [0.1, 0.15) is 4.60 Å². The molecule has 0 N–H and O–H groups in total. The Morgan fingerprint density at radius 3 is 2.29 bits per heavy atom. The zero-order chi connectivity index (χ0) is 10.1. The number of hydrogen-bond donors (Lipinski definition) is 0. The van der Waals surface area contributed by atoms with Crippen molar-refractivity contribution in [1.29, 1.82) is 0 Å². The minimum absolute atomic E-state index is 0.799. The molecule has 0 amide bonds. The van der Waals surface area contributed by atoms with Gasteiger partial charge in [0, 0.05) is 5.69 Å². The van der Waals surface area contributed by atoms with E-state index in [1.54, 1.807) is 6.20 Å². The number of hydrogen-bond acceptors (Lipinski definition) is 1. The summed E-state index contributed by atoms with van der Waals surface area (Å²) in [5, 5.41) is 0. The molecule has 72 valence electrons. The average molecular weight is 316 g/mol. The van der Waals surface area contributed by atoms with Gasteiger partial charge in [-0.15, -0.1) is 0 Å². The van der Waals surface area contributed by atoms with Crippen molar-refractivity contribution in [2.75, 3.05) is 0 Å². The highest BCUT2D eigenvalue weighted by Gasteiger charge is 2.06. The van der Waals surface area contributed by atoms with Gasteiger partial charge in [-0.3, -0.25) is 4.57 Å². The topological polar surface area (TPSA) is 17.8 Å². The lowest BCUT2D eigenvalue weighted by atomic mass is 10.2. The van der Waals surface area contributed by atoms with E-state index in [-0.39, 0.29) is 0 Å². The Balaban J connectivity index is 2.54. The highest BCUT2D eigenvalue weighted by molar-refractivity contribution is 9.11. The minimum Gasteiger partial charge on any atom is -0.281 e. The third-order valence-electron chi connectivity index (χ3n) is 1.97. The van der Waals surface area contributed by atoms with Gasteiger partial charge in [0.05, 0.1) is 6.20 Å². The van der Waals surface area contributed by atoms with E-state index in [0.29, 0.717) is 0 Å². The molecule has 0 saturated carbocycles. The molecule has 2 nitrogen and oxygen atoms in total. The van der Waals surface area contributed by atoms with Crippen LogP contribution in [0.1, 0.15) is 5.56 Å². The van der Waals surface area contributed by atoms with Crippen molar-refractivity contribution in [2.24, 2.45) is 0 Å². The van der Waals surface area contributed by atoms with Crippen molar-refractivity contribution < 1.29 is 0 Å². The molecule has 0 spiro atoms. The molecule has 1 aromatic carbocycles. The van der Waals surface area contributed by atoms with Crippen molar-refractivity contribution in [3.05, 3.63) is 45.4 Å². The summed E-state index contributed by atoms with van der Waals surface area (Å²) in [5.74, 6) is 0. The molecule has 0 saturated heterocycles. The zero-order valence-electron chi connectivity index (χ0n) is 7.54. The smallest absolute Gasteiger partial charge is 0.182 e. The van der Waals surface area contributed by atoms with Crippen molar-refractivity contribution in [3.63, 3.8) is 0 Å². The number of imidazole rings is 1. The fourth-order valence-corrected chi connectivity index (χ4v) is 2.45. The first-order valence-electron chi connectivity index (χ1n) is 4.14. The van der Waals surface area contributed by atoms with Crippen LogP contribution in [0, 0.1) is 6.92 Å². The molecule has 2 rings (SSSR count). The maximum absolute atomic E-state index is 4.15. The van der Waals surface area contributed by atoms with Crippen LogP contribution in [0.4, 0.5) is 0 Å². The Kier molecular flexibility index (Phi) is 2.74. The van der Waals surface area contributed by atoms with Gasteiger partial charge in [-0.25, -0.2) is 4.98 Å². The van der Waals surface area contributed by atoms with Gasteiger partial charge in [-0.2, -0.15) is 0 Å². The van der Waals surface area contributed by atoms with Crippen LogP contribution in [0.5, 0.6) is 0 Å². The summed E-state index contributed by atoms with van der Waals surface area (Å²) in [6.45, 7) is 2.07. The number of halogens is 2. The van der Waals surface area contributed by atoms with E-state index in [9.17, 15) is 0 Å². The summed E-state index contributed by atoms with van der Waals surface area (Å²) in [6, 6.07) is 8.28. The lowest BCUT2D eigenvalue weighted by Crippen LogP contribution is -1.94. The molecular formula is C10H8Br2N2. The lowest BCUT2D eigenvalue weighted by Gasteiger charge is -2.05. The van der Waals surface area contributed by atoms with Crippen molar-refractivity contribution in [1.82, 2.24) is 9.55 Å². The second-order valence-electron chi connectivity index (χ2n) is 3.02. The maximum atomic E-state index is 4.15. The van der Waals surface area contributed by atoms with Crippen LogP contribution in [0.2, 0.25) is 0 Å². The molecule has 0 aliphatic carbocycles. The lowest BCUT2D eigenvalue weighted by molar-refractivity contribution is 0.991. The molecule has 0 atom stereocenters. The molecule has 0 bridgehead atoms. The zero-order valence-corrected chi connectivity index (χ0v) is 10.7. The van der Waals surface area contributed by atoms with Crippen molar-refractivity contribution in [3.8, 4) is 5.69 Å². The summed E-state index contributed by atoms with van der Waals surface area (Å²) in [7, 11) is 0. The Morgan fingerprint density at radius 2 is 1.79 bits per heavy atom. The van der Waals surface area contributed by atoms with Gasteiger partial charge in [0.2, 0.25) is 0 Å². The summed E-state index contributed by atoms with van der Waals surface area (Å²) in [4.78, 5) is 4.15. The number of benzene rings is 1. The Labute approximate surface area is 99.2 Å². The number of aryl methyl sites for hydroxylation is 1. The highest BCUT2D eigenvalue weighted by Crippen LogP contribution is 2.22. The molecule has 14 heavy (non-hydrogen) atoms. The van der Waals surface area contributed by atoms with Gasteiger partial charge >= 0.3 is 0 Å². The van der Waals surface area contributed by atoms with Gasteiger partial charge in [0.15, 0.2) is 4.73 Å². The summed E-state index contributed by atoms with van der Waals surface area (Å²) in [5.41, 5.74) is 2.34. The second kappa shape index (κ2) is 3.87. The number of nitrogens with zero attached hydrogens (tertiary/aromatic N) is 2. The van der Waals surface area contributed by atoms with Crippen molar-refractivity contribution >= 4 is 31.9 Å². The van der Waals surface area contributed by atoms with Gasteiger partial charge < -0.3 is 0 Å². The van der Waals surface area contributed by atoms with E-state index < -0.39 is 0 Å². The molecular weight excluding hydrogens is 308 g/mol. The van der Waals surface area contributed by atoms with Crippen LogP contribution < -0.4 is 0 Å². The SMILES string of the molecule is Cc1ccc(-n2c(Br)cnc2Br)cc1. The number of aromatic nitrogens is 2. The maximum Gasteiger partial charge on any atom is 0.182 e. The molecule has 0 radical (unpaired) electrons. The van der Waals surface area contributed by atoms with Gasteiger partial charge in [-0.1, -0.05) is 17.7 Å². The van der Waals surface area contributed by atoms with E-state index in [0.717, 1.165) is 15.0 Å².